The fraction of sp³-hybridized carbons (Fsp3) is 0.312. The maximum absolute atomic E-state index is 12.9. The number of imide groups is 1. The molecule has 1 rings (SSSR count). The van der Waals surface area contributed by atoms with Crippen molar-refractivity contribution in [3.8, 4) is 0 Å². The van der Waals surface area contributed by atoms with Crippen LogP contribution >= 0.6 is 0 Å². The zero-order chi connectivity index (χ0) is 17.2. The molecule has 0 saturated heterocycles. The summed E-state index contributed by atoms with van der Waals surface area (Å²) in [6, 6.07) is 4.93. The highest BCUT2D eigenvalue weighted by molar-refractivity contribution is 5.96. The van der Waals surface area contributed by atoms with Gasteiger partial charge < -0.3 is 10.1 Å². The minimum atomic E-state index is -0.772. The highest BCUT2D eigenvalue weighted by Gasteiger charge is 2.11. The van der Waals surface area contributed by atoms with Crippen LogP contribution in [0.25, 0.3) is 6.08 Å². The molecule has 0 aliphatic carbocycles. The van der Waals surface area contributed by atoms with E-state index in [9.17, 15) is 18.8 Å². The number of ether oxygens (including phenoxy) is 1. The van der Waals surface area contributed by atoms with E-state index in [4.69, 9.17) is 0 Å². The third-order valence-electron chi connectivity index (χ3n) is 2.85. The molecule has 2 N–H and O–H groups in total. The molecule has 0 spiro atoms. The van der Waals surface area contributed by atoms with Gasteiger partial charge >= 0.3 is 12.0 Å². The molecule has 0 radical (unpaired) electrons. The molecule has 0 aliphatic rings. The lowest BCUT2D eigenvalue weighted by atomic mass is 10.2. The molecule has 0 heterocycles. The van der Waals surface area contributed by atoms with E-state index >= 15 is 0 Å². The number of hydrogen-bond donors (Lipinski definition) is 2. The lowest BCUT2D eigenvalue weighted by Gasteiger charge is -2.11. The Morgan fingerprint density at radius 1 is 1.35 bits per heavy atom. The van der Waals surface area contributed by atoms with E-state index in [2.05, 4.69) is 10.1 Å². The van der Waals surface area contributed by atoms with Gasteiger partial charge in [0.1, 0.15) is 5.82 Å². The molecule has 0 fully saturated rings. The van der Waals surface area contributed by atoms with Gasteiger partial charge in [-0.2, -0.15) is 0 Å². The number of urea groups is 1. The summed E-state index contributed by atoms with van der Waals surface area (Å²) in [5.74, 6) is -1.93. The first-order chi connectivity index (χ1) is 10.9. The number of carbonyl (C=O) groups excluding carboxylic acids is 3. The molecule has 6 nitrogen and oxygen atoms in total. The zero-order valence-electron chi connectivity index (χ0n) is 13.0. The minimum Gasteiger partial charge on any atom is -0.452 e. The first kappa shape index (κ1) is 18.3. The molecule has 3 amide bonds. The van der Waals surface area contributed by atoms with Crippen molar-refractivity contribution >= 4 is 24.0 Å². The Morgan fingerprint density at radius 3 is 2.74 bits per heavy atom. The number of esters is 1. The number of hydrogen-bond acceptors (Lipinski definition) is 4. The average molecular weight is 322 g/mol. The van der Waals surface area contributed by atoms with Crippen molar-refractivity contribution in [2.45, 2.75) is 26.3 Å². The molecule has 1 atom stereocenters. The molecular formula is C16H19FN2O4. The Hall–Kier alpha value is -2.70. The van der Waals surface area contributed by atoms with Gasteiger partial charge in [-0.25, -0.2) is 14.0 Å². The minimum absolute atomic E-state index is 0.0699. The predicted molar refractivity (Wildman–Crippen MR) is 82.8 cm³/mol. The molecular weight excluding hydrogens is 303 g/mol. The van der Waals surface area contributed by atoms with Crippen LogP contribution in [0.4, 0.5) is 9.18 Å². The van der Waals surface area contributed by atoms with Crippen molar-refractivity contribution in [3.05, 3.63) is 41.7 Å². The lowest BCUT2D eigenvalue weighted by molar-refractivity contribution is -0.143. The SMILES string of the molecule is CC[C@H](C)NC(=O)NC(=O)COC(=O)/C=C/c1cccc(F)c1. The van der Waals surface area contributed by atoms with Crippen molar-refractivity contribution in [2.75, 3.05) is 6.61 Å². The van der Waals surface area contributed by atoms with Crippen LogP contribution < -0.4 is 10.6 Å². The van der Waals surface area contributed by atoms with Gasteiger partial charge in [-0.1, -0.05) is 19.1 Å². The van der Waals surface area contributed by atoms with Crippen LogP contribution in [-0.4, -0.2) is 30.6 Å². The Labute approximate surface area is 133 Å². The number of halogens is 1. The standard InChI is InChI=1S/C16H19FN2O4/c1-3-11(2)18-16(22)19-14(20)10-23-15(21)8-7-12-5-4-6-13(17)9-12/h4-9,11H,3,10H2,1-2H3,(H2,18,19,20,22)/b8-7+/t11-/m0/s1. The second-order valence-electron chi connectivity index (χ2n) is 4.83. The van der Waals surface area contributed by atoms with E-state index in [0.29, 0.717) is 5.56 Å². The Bertz CT molecular complexity index is 601. The van der Waals surface area contributed by atoms with Gasteiger partial charge in [0.2, 0.25) is 0 Å². The topological polar surface area (TPSA) is 84.5 Å². The predicted octanol–water partition coefficient (Wildman–Crippen LogP) is 2.01. The molecule has 23 heavy (non-hydrogen) atoms. The highest BCUT2D eigenvalue weighted by Crippen LogP contribution is 2.05. The van der Waals surface area contributed by atoms with Gasteiger partial charge in [0, 0.05) is 12.1 Å². The third kappa shape index (κ3) is 7.75. The first-order valence-corrected chi connectivity index (χ1v) is 7.11. The van der Waals surface area contributed by atoms with Crippen molar-refractivity contribution in [2.24, 2.45) is 0 Å². The maximum Gasteiger partial charge on any atom is 0.331 e. The van der Waals surface area contributed by atoms with E-state index in [1.54, 1.807) is 13.0 Å². The van der Waals surface area contributed by atoms with Gasteiger partial charge in [-0.05, 0) is 37.1 Å². The fourth-order valence-corrected chi connectivity index (χ4v) is 1.48. The van der Waals surface area contributed by atoms with Crippen LogP contribution in [0.5, 0.6) is 0 Å². The van der Waals surface area contributed by atoms with E-state index < -0.39 is 30.3 Å². The van der Waals surface area contributed by atoms with Crippen molar-refractivity contribution in [1.29, 1.82) is 0 Å². The van der Waals surface area contributed by atoms with E-state index in [-0.39, 0.29) is 6.04 Å². The Morgan fingerprint density at radius 2 is 2.09 bits per heavy atom. The van der Waals surface area contributed by atoms with E-state index in [1.807, 2.05) is 12.2 Å². The van der Waals surface area contributed by atoms with Gasteiger partial charge in [-0.3, -0.25) is 10.1 Å². The van der Waals surface area contributed by atoms with Crippen LogP contribution in [0.2, 0.25) is 0 Å². The zero-order valence-corrected chi connectivity index (χ0v) is 13.0. The highest BCUT2D eigenvalue weighted by atomic mass is 19.1. The third-order valence-corrected chi connectivity index (χ3v) is 2.85. The van der Waals surface area contributed by atoms with Crippen molar-refractivity contribution in [1.82, 2.24) is 10.6 Å². The molecule has 1 aromatic carbocycles. The van der Waals surface area contributed by atoms with Crippen LogP contribution in [0, 0.1) is 5.82 Å². The van der Waals surface area contributed by atoms with E-state index in [1.165, 1.54) is 24.3 Å². The first-order valence-electron chi connectivity index (χ1n) is 7.11. The van der Waals surface area contributed by atoms with Crippen molar-refractivity contribution in [3.63, 3.8) is 0 Å². The number of carbonyl (C=O) groups is 3. The smallest absolute Gasteiger partial charge is 0.331 e. The summed E-state index contributed by atoms with van der Waals surface area (Å²) in [7, 11) is 0. The molecule has 0 bridgehead atoms. The van der Waals surface area contributed by atoms with Gasteiger partial charge in [0.25, 0.3) is 5.91 Å². The van der Waals surface area contributed by atoms with Crippen LogP contribution in [0.1, 0.15) is 25.8 Å². The number of nitrogens with one attached hydrogen (secondary N) is 2. The quantitative estimate of drug-likeness (QED) is 0.620. The normalized spacial score (nSPS) is 11.8. The molecule has 124 valence electrons. The molecule has 0 aliphatic heterocycles. The summed E-state index contributed by atoms with van der Waals surface area (Å²) in [6.45, 7) is 3.10. The van der Waals surface area contributed by atoms with Crippen LogP contribution in [0.3, 0.4) is 0 Å². The van der Waals surface area contributed by atoms with Crippen LogP contribution in [-0.2, 0) is 14.3 Å². The summed E-state index contributed by atoms with van der Waals surface area (Å²) in [5.41, 5.74) is 0.485. The summed E-state index contributed by atoms with van der Waals surface area (Å²) < 4.78 is 17.6. The largest absolute Gasteiger partial charge is 0.452 e. The molecule has 0 aromatic heterocycles. The number of rotatable bonds is 6. The number of amides is 3. The summed E-state index contributed by atoms with van der Waals surface area (Å²) in [5, 5.41) is 4.58. The van der Waals surface area contributed by atoms with Crippen molar-refractivity contribution < 1.29 is 23.5 Å². The second-order valence-corrected chi connectivity index (χ2v) is 4.83. The Kier molecular flexibility index (Phi) is 7.45. The Balaban J connectivity index is 2.35. The van der Waals surface area contributed by atoms with Gasteiger partial charge in [-0.15, -0.1) is 0 Å². The van der Waals surface area contributed by atoms with Crippen LogP contribution in [0.15, 0.2) is 30.3 Å². The molecule has 0 unspecified atom stereocenters. The second kappa shape index (κ2) is 9.34. The van der Waals surface area contributed by atoms with Gasteiger partial charge in [0.15, 0.2) is 6.61 Å². The fourth-order valence-electron chi connectivity index (χ4n) is 1.48. The molecule has 1 aromatic rings. The summed E-state index contributed by atoms with van der Waals surface area (Å²) >= 11 is 0. The molecule has 7 heteroatoms. The summed E-state index contributed by atoms with van der Waals surface area (Å²) in [4.78, 5) is 34.2. The monoisotopic (exact) mass is 322 g/mol. The molecule has 0 saturated carbocycles. The number of benzene rings is 1. The summed E-state index contributed by atoms with van der Waals surface area (Å²) in [6.07, 6.45) is 3.15. The van der Waals surface area contributed by atoms with E-state index in [0.717, 1.165) is 12.5 Å². The average Bonchev–Trinajstić information content (AvgIpc) is 2.50. The lowest BCUT2D eigenvalue weighted by Crippen LogP contribution is -2.44. The van der Waals surface area contributed by atoms with Gasteiger partial charge in [0.05, 0.1) is 0 Å². The maximum atomic E-state index is 12.9.